The zero-order chi connectivity index (χ0) is 8.97. The van der Waals surface area contributed by atoms with Crippen molar-refractivity contribution < 1.29 is 14.3 Å². The van der Waals surface area contributed by atoms with E-state index in [1.165, 1.54) is 14.0 Å². The van der Waals surface area contributed by atoms with Crippen molar-refractivity contribution in [3.63, 3.8) is 0 Å². The van der Waals surface area contributed by atoms with Crippen LogP contribution >= 0.6 is 0 Å². The molecule has 0 bridgehead atoms. The lowest BCUT2D eigenvalue weighted by Crippen LogP contribution is -2.02. The molecule has 0 heterocycles. The van der Waals surface area contributed by atoms with Crippen LogP contribution in [0.25, 0.3) is 0 Å². The van der Waals surface area contributed by atoms with E-state index in [1.54, 1.807) is 18.2 Å². The van der Waals surface area contributed by atoms with Crippen LogP contribution in [0.1, 0.15) is 6.92 Å². The molecule has 1 aromatic carbocycles. The van der Waals surface area contributed by atoms with E-state index in [0.717, 1.165) is 0 Å². The van der Waals surface area contributed by atoms with Gasteiger partial charge in [0.2, 0.25) is 0 Å². The Morgan fingerprint density at radius 2 is 2.25 bits per heavy atom. The minimum absolute atomic E-state index is 0.368. The molecule has 1 rings (SSSR count). The van der Waals surface area contributed by atoms with Gasteiger partial charge in [0.1, 0.15) is 0 Å². The van der Waals surface area contributed by atoms with E-state index in [0.29, 0.717) is 11.5 Å². The van der Waals surface area contributed by atoms with Gasteiger partial charge in [-0.15, -0.1) is 0 Å². The van der Waals surface area contributed by atoms with Crippen LogP contribution in [0.3, 0.4) is 0 Å². The Morgan fingerprint density at radius 1 is 1.50 bits per heavy atom. The molecule has 0 saturated carbocycles. The molecule has 63 valence electrons. The number of carbonyl (C=O) groups excluding carboxylic acids is 1. The highest BCUT2D eigenvalue weighted by Crippen LogP contribution is 2.25. The number of hydrogen-bond donors (Lipinski definition) is 0. The van der Waals surface area contributed by atoms with Crippen LogP contribution in [0.5, 0.6) is 11.5 Å². The van der Waals surface area contributed by atoms with E-state index in [-0.39, 0.29) is 5.97 Å². The zero-order valence-corrected chi connectivity index (χ0v) is 6.96. The largest absolute Gasteiger partial charge is 0.493 e. The van der Waals surface area contributed by atoms with Gasteiger partial charge in [-0.05, 0) is 18.2 Å². The highest BCUT2D eigenvalue weighted by atomic mass is 16.6. The number of benzene rings is 1. The van der Waals surface area contributed by atoms with Crippen molar-refractivity contribution in [2.24, 2.45) is 0 Å². The van der Waals surface area contributed by atoms with Crippen molar-refractivity contribution >= 4 is 5.97 Å². The molecule has 0 N–H and O–H groups in total. The summed E-state index contributed by atoms with van der Waals surface area (Å²) in [4.78, 5) is 10.6. The van der Waals surface area contributed by atoms with Gasteiger partial charge in [-0.2, -0.15) is 0 Å². The molecule has 3 nitrogen and oxygen atoms in total. The lowest BCUT2D eigenvalue weighted by atomic mass is 10.3. The van der Waals surface area contributed by atoms with Crippen molar-refractivity contribution in [2.75, 3.05) is 7.11 Å². The van der Waals surface area contributed by atoms with Crippen molar-refractivity contribution in [3.8, 4) is 11.5 Å². The molecular weight excluding hydrogens is 156 g/mol. The summed E-state index contributed by atoms with van der Waals surface area (Å²) in [7, 11) is 1.52. The summed E-state index contributed by atoms with van der Waals surface area (Å²) in [6, 6.07) is 7.70. The highest BCUT2D eigenvalue weighted by Gasteiger charge is 2.03. The molecule has 0 aromatic heterocycles. The topological polar surface area (TPSA) is 35.5 Å². The smallest absolute Gasteiger partial charge is 0.308 e. The van der Waals surface area contributed by atoms with Gasteiger partial charge in [-0.3, -0.25) is 4.79 Å². The summed E-state index contributed by atoms with van der Waals surface area (Å²) >= 11 is 0. The van der Waals surface area contributed by atoms with Crippen LogP contribution < -0.4 is 9.47 Å². The van der Waals surface area contributed by atoms with E-state index in [9.17, 15) is 4.79 Å². The fourth-order valence-corrected chi connectivity index (χ4v) is 0.804. The van der Waals surface area contributed by atoms with Gasteiger partial charge in [0.25, 0.3) is 0 Å². The minimum atomic E-state index is -0.368. The second-order valence-electron chi connectivity index (χ2n) is 2.17. The maximum atomic E-state index is 10.6. The quantitative estimate of drug-likeness (QED) is 0.491. The molecule has 0 saturated heterocycles. The van der Waals surface area contributed by atoms with Gasteiger partial charge in [0.15, 0.2) is 11.5 Å². The van der Waals surface area contributed by atoms with Gasteiger partial charge in [0.05, 0.1) is 7.11 Å². The van der Waals surface area contributed by atoms with Crippen LogP contribution in [0.4, 0.5) is 0 Å². The molecule has 0 spiro atoms. The third-order valence-corrected chi connectivity index (χ3v) is 1.26. The molecule has 0 unspecified atom stereocenters. The molecule has 3 heteroatoms. The zero-order valence-electron chi connectivity index (χ0n) is 6.96. The third kappa shape index (κ3) is 1.99. The summed E-state index contributed by atoms with van der Waals surface area (Å²) in [6.07, 6.45) is 0. The van der Waals surface area contributed by atoms with Crippen molar-refractivity contribution in [3.05, 3.63) is 24.3 Å². The number of methoxy groups -OCH3 is 1. The highest BCUT2D eigenvalue weighted by molar-refractivity contribution is 5.70. The molecule has 1 aromatic rings. The fourth-order valence-electron chi connectivity index (χ4n) is 0.804. The molecule has 12 heavy (non-hydrogen) atoms. The van der Waals surface area contributed by atoms with E-state index < -0.39 is 0 Å². The second-order valence-corrected chi connectivity index (χ2v) is 2.17. The lowest BCUT2D eigenvalue weighted by molar-refractivity contribution is -0.132. The predicted octanol–water partition coefficient (Wildman–Crippen LogP) is 1.42. The summed E-state index contributed by atoms with van der Waals surface area (Å²) in [5, 5.41) is 0. The molecule has 0 aliphatic heterocycles. The Bertz CT molecular complexity index is 281. The Balaban J connectivity index is 2.89. The van der Waals surface area contributed by atoms with Crippen LogP contribution in [0.15, 0.2) is 18.2 Å². The number of hydrogen-bond acceptors (Lipinski definition) is 3. The fraction of sp³-hybridized carbons (Fsp3) is 0.222. The third-order valence-electron chi connectivity index (χ3n) is 1.26. The van der Waals surface area contributed by atoms with Gasteiger partial charge in [-0.1, -0.05) is 6.07 Å². The van der Waals surface area contributed by atoms with Crippen LogP contribution in [-0.2, 0) is 4.79 Å². The summed E-state index contributed by atoms with van der Waals surface area (Å²) < 4.78 is 9.79. The minimum Gasteiger partial charge on any atom is -0.493 e. The SMILES string of the molecule is COc1cc[c]cc1OC(C)=O. The second kappa shape index (κ2) is 3.76. The summed E-state index contributed by atoms with van der Waals surface area (Å²) in [5.74, 6) is 0.560. The van der Waals surface area contributed by atoms with Crippen LogP contribution in [0, 0.1) is 6.07 Å². The molecule has 0 fully saturated rings. The molecule has 0 aliphatic rings. The number of esters is 1. The monoisotopic (exact) mass is 165 g/mol. The average molecular weight is 165 g/mol. The van der Waals surface area contributed by atoms with E-state index in [4.69, 9.17) is 9.47 Å². The molecule has 0 amide bonds. The Morgan fingerprint density at radius 3 is 2.83 bits per heavy atom. The number of rotatable bonds is 2. The van der Waals surface area contributed by atoms with Gasteiger partial charge in [0, 0.05) is 6.92 Å². The van der Waals surface area contributed by atoms with Crippen molar-refractivity contribution in [1.82, 2.24) is 0 Å². The van der Waals surface area contributed by atoms with Crippen molar-refractivity contribution in [1.29, 1.82) is 0 Å². The molecule has 0 atom stereocenters. The first-order chi connectivity index (χ1) is 5.74. The van der Waals surface area contributed by atoms with Gasteiger partial charge >= 0.3 is 5.97 Å². The normalized spacial score (nSPS) is 9.17. The van der Waals surface area contributed by atoms with Gasteiger partial charge < -0.3 is 9.47 Å². The summed E-state index contributed by atoms with van der Waals surface area (Å²) in [6.45, 7) is 1.34. The molecule has 0 aliphatic carbocycles. The molecular formula is C9H9O3. The molecule has 1 radical (unpaired) electrons. The average Bonchev–Trinajstić information content (AvgIpc) is 2.04. The Kier molecular flexibility index (Phi) is 2.69. The van der Waals surface area contributed by atoms with Crippen LogP contribution in [-0.4, -0.2) is 13.1 Å². The van der Waals surface area contributed by atoms with Gasteiger partial charge in [-0.25, -0.2) is 0 Å². The summed E-state index contributed by atoms with van der Waals surface area (Å²) in [5.41, 5.74) is 0. The standard InChI is InChI=1S/C9H9O3/c1-7(10)12-9-6-4-3-5-8(9)11-2/h3,5-6H,1-2H3. The first-order valence-electron chi connectivity index (χ1n) is 3.46. The first-order valence-corrected chi connectivity index (χ1v) is 3.46. The first kappa shape index (κ1) is 8.59. The lowest BCUT2D eigenvalue weighted by Gasteiger charge is -2.05. The van der Waals surface area contributed by atoms with Crippen LogP contribution in [0.2, 0.25) is 0 Å². The van der Waals surface area contributed by atoms with E-state index in [2.05, 4.69) is 6.07 Å². The van der Waals surface area contributed by atoms with E-state index in [1.807, 2.05) is 0 Å². The maximum absolute atomic E-state index is 10.6. The van der Waals surface area contributed by atoms with E-state index >= 15 is 0 Å². The number of carbonyl (C=O) groups is 1. The predicted molar refractivity (Wildman–Crippen MR) is 43.1 cm³/mol. The van der Waals surface area contributed by atoms with Crippen molar-refractivity contribution in [2.45, 2.75) is 6.92 Å². The maximum Gasteiger partial charge on any atom is 0.308 e. The number of ether oxygens (including phenoxy) is 2. The Hall–Kier alpha value is -1.51. The Labute approximate surface area is 70.9 Å².